The number of amides is 1. The average Bonchev–Trinajstić information content (AvgIpc) is 2.86. The molecule has 6 nitrogen and oxygen atoms in total. The summed E-state index contributed by atoms with van der Waals surface area (Å²) in [6.45, 7) is 2.67. The molecule has 1 aromatic heterocycles. The lowest BCUT2D eigenvalue weighted by Crippen LogP contribution is -2.48. The standard InChI is InChI=1S/C13H18N2O4/c1-13(12(17)18)5-2-6-15(8-13)11(16)10-4-3-9(7-14)19-10/h3-4H,2,5-8,14H2,1H3,(H,17,18). The van der Waals surface area contributed by atoms with E-state index in [2.05, 4.69) is 0 Å². The van der Waals surface area contributed by atoms with Gasteiger partial charge in [-0.15, -0.1) is 0 Å². The summed E-state index contributed by atoms with van der Waals surface area (Å²) in [5.74, 6) is -0.379. The number of nitrogens with zero attached hydrogens (tertiary/aromatic N) is 1. The molecular weight excluding hydrogens is 248 g/mol. The number of carboxylic acids is 1. The molecule has 1 saturated heterocycles. The maximum absolute atomic E-state index is 12.2. The van der Waals surface area contributed by atoms with Crippen molar-refractivity contribution in [2.24, 2.45) is 11.1 Å². The third-order valence-electron chi connectivity index (χ3n) is 3.57. The minimum atomic E-state index is -0.878. The molecule has 3 N–H and O–H groups in total. The van der Waals surface area contributed by atoms with Crippen molar-refractivity contribution >= 4 is 11.9 Å². The number of rotatable bonds is 3. The van der Waals surface area contributed by atoms with Gasteiger partial charge in [-0.2, -0.15) is 0 Å². The molecule has 1 fully saturated rings. The van der Waals surface area contributed by atoms with Gasteiger partial charge in [-0.1, -0.05) is 0 Å². The summed E-state index contributed by atoms with van der Waals surface area (Å²) in [6.07, 6.45) is 1.26. The number of carbonyl (C=O) groups excluding carboxylic acids is 1. The summed E-state index contributed by atoms with van der Waals surface area (Å²) in [4.78, 5) is 25.0. The Kier molecular flexibility index (Phi) is 3.61. The monoisotopic (exact) mass is 266 g/mol. The molecule has 6 heteroatoms. The van der Waals surface area contributed by atoms with Crippen LogP contribution in [0.5, 0.6) is 0 Å². The summed E-state index contributed by atoms with van der Waals surface area (Å²) in [5, 5.41) is 9.23. The van der Waals surface area contributed by atoms with E-state index in [4.69, 9.17) is 10.2 Å². The number of nitrogens with two attached hydrogens (primary N) is 1. The first-order valence-electron chi connectivity index (χ1n) is 6.28. The Bertz CT molecular complexity index is 497. The first-order valence-corrected chi connectivity index (χ1v) is 6.28. The number of likely N-dealkylation sites (tertiary alicyclic amines) is 1. The number of furan rings is 1. The predicted molar refractivity (Wildman–Crippen MR) is 67.5 cm³/mol. The van der Waals surface area contributed by atoms with Crippen LogP contribution >= 0.6 is 0 Å². The van der Waals surface area contributed by atoms with Gasteiger partial charge >= 0.3 is 5.97 Å². The number of hydrogen-bond donors (Lipinski definition) is 2. The van der Waals surface area contributed by atoms with E-state index in [9.17, 15) is 14.7 Å². The molecule has 1 aromatic rings. The Hall–Kier alpha value is -1.82. The van der Waals surface area contributed by atoms with Crippen LogP contribution in [0.25, 0.3) is 0 Å². The Morgan fingerprint density at radius 1 is 1.53 bits per heavy atom. The Morgan fingerprint density at radius 3 is 2.84 bits per heavy atom. The number of hydrogen-bond acceptors (Lipinski definition) is 4. The number of aliphatic carboxylic acids is 1. The second kappa shape index (κ2) is 5.05. The van der Waals surface area contributed by atoms with Gasteiger partial charge < -0.3 is 20.2 Å². The molecule has 1 amide bonds. The Balaban J connectivity index is 2.13. The summed E-state index contributed by atoms with van der Waals surface area (Å²) in [5.41, 5.74) is 4.55. The van der Waals surface area contributed by atoms with E-state index in [1.165, 1.54) is 4.90 Å². The third kappa shape index (κ3) is 2.63. The number of piperidine rings is 1. The zero-order valence-corrected chi connectivity index (χ0v) is 10.9. The van der Waals surface area contributed by atoms with Gasteiger partial charge in [0, 0.05) is 13.1 Å². The lowest BCUT2D eigenvalue weighted by molar-refractivity contribution is -0.150. The summed E-state index contributed by atoms with van der Waals surface area (Å²) < 4.78 is 5.31. The van der Waals surface area contributed by atoms with Crippen molar-refractivity contribution < 1.29 is 19.1 Å². The van der Waals surface area contributed by atoms with Crippen molar-refractivity contribution in [2.75, 3.05) is 13.1 Å². The molecule has 0 aliphatic carbocycles. The van der Waals surface area contributed by atoms with E-state index in [1.54, 1.807) is 19.1 Å². The van der Waals surface area contributed by atoms with Crippen LogP contribution < -0.4 is 5.73 Å². The molecule has 0 aromatic carbocycles. The van der Waals surface area contributed by atoms with Crippen molar-refractivity contribution in [2.45, 2.75) is 26.3 Å². The summed E-state index contributed by atoms with van der Waals surface area (Å²) in [7, 11) is 0. The number of carboxylic acid groups (broad SMARTS) is 1. The van der Waals surface area contributed by atoms with Gasteiger partial charge in [0.1, 0.15) is 5.76 Å². The molecule has 104 valence electrons. The molecule has 0 bridgehead atoms. The van der Waals surface area contributed by atoms with Crippen molar-refractivity contribution in [3.05, 3.63) is 23.7 Å². The lowest BCUT2D eigenvalue weighted by Gasteiger charge is -2.37. The van der Waals surface area contributed by atoms with Crippen molar-refractivity contribution in [3.8, 4) is 0 Å². The Morgan fingerprint density at radius 2 is 2.26 bits per heavy atom. The van der Waals surface area contributed by atoms with Gasteiger partial charge in [0.25, 0.3) is 5.91 Å². The van der Waals surface area contributed by atoms with Crippen LogP contribution in [0.1, 0.15) is 36.1 Å². The zero-order chi connectivity index (χ0) is 14.0. The molecule has 1 aliphatic rings. The maximum Gasteiger partial charge on any atom is 0.311 e. The molecular formula is C13H18N2O4. The minimum Gasteiger partial charge on any atom is -0.481 e. The maximum atomic E-state index is 12.2. The van der Waals surface area contributed by atoms with E-state index < -0.39 is 11.4 Å². The highest BCUT2D eigenvalue weighted by Gasteiger charge is 2.40. The van der Waals surface area contributed by atoms with E-state index in [0.717, 1.165) is 0 Å². The first-order chi connectivity index (χ1) is 8.96. The van der Waals surface area contributed by atoms with Crippen LogP contribution in [0.2, 0.25) is 0 Å². The van der Waals surface area contributed by atoms with E-state index in [-0.39, 0.29) is 24.8 Å². The molecule has 2 heterocycles. The summed E-state index contributed by atoms with van der Waals surface area (Å²) in [6, 6.07) is 3.24. The van der Waals surface area contributed by atoms with Crippen LogP contribution in [0.4, 0.5) is 0 Å². The van der Waals surface area contributed by atoms with Gasteiger partial charge in [0.15, 0.2) is 5.76 Å². The lowest BCUT2D eigenvalue weighted by atomic mass is 9.82. The average molecular weight is 266 g/mol. The molecule has 1 unspecified atom stereocenters. The minimum absolute atomic E-state index is 0.208. The van der Waals surface area contributed by atoms with E-state index in [1.807, 2.05) is 0 Å². The van der Waals surface area contributed by atoms with Gasteiger partial charge in [-0.05, 0) is 31.9 Å². The second-order valence-corrected chi connectivity index (χ2v) is 5.17. The van der Waals surface area contributed by atoms with Crippen LogP contribution in [0, 0.1) is 5.41 Å². The summed E-state index contributed by atoms with van der Waals surface area (Å²) >= 11 is 0. The van der Waals surface area contributed by atoms with E-state index in [0.29, 0.717) is 25.1 Å². The van der Waals surface area contributed by atoms with Gasteiger partial charge in [0.05, 0.1) is 12.0 Å². The fourth-order valence-corrected chi connectivity index (χ4v) is 2.35. The molecule has 1 atom stereocenters. The molecule has 19 heavy (non-hydrogen) atoms. The van der Waals surface area contributed by atoms with Crippen LogP contribution in [-0.2, 0) is 11.3 Å². The first kappa shape index (κ1) is 13.6. The van der Waals surface area contributed by atoms with Crippen molar-refractivity contribution in [1.29, 1.82) is 0 Å². The highest BCUT2D eigenvalue weighted by molar-refractivity contribution is 5.92. The van der Waals surface area contributed by atoms with Gasteiger partial charge in [0.2, 0.25) is 0 Å². The second-order valence-electron chi connectivity index (χ2n) is 5.17. The Labute approximate surface area is 111 Å². The predicted octanol–water partition coefficient (Wildman–Crippen LogP) is 1.07. The molecule has 0 radical (unpaired) electrons. The normalized spacial score (nSPS) is 23.4. The topological polar surface area (TPSA) is 96.8 Å². The largest absolute Gasteiger partial charge is 0.481 e. The SMILES string of the molecule is CC1(C(=O)O)CCCN(C(=O)c2ccc(CN)o2)C1. The smallest absolute Gasteiger partial charge is 0.311 e. The quantitative estimate of drug-likeness (QED) is 0.852. The molecule has 0 spiro atoms. The fourth-order valence-electron chi connectivity index (χ4n) is 2.35. The molecule has 2 rings (SSSR count). The molecule has 0 saturated carbocycles. The van der Waals surface area contributed by atoms with E-state index >= 15 is 0 Å². The van der Waals surface area contributed by atoms with Gasteiger partial charge in [-0.25, -0.2) is 0 Å². The zero-order valence-electron chi connectivity index (χ0n) is 10.9. The number of carbonyl (C=O) groups is 2. The van der Waals surface area contributed by atoms with Crippen LogP contribution in [-0.4, -0.2) is 35.0 Å². The fraction of sp³-hybridized carbons (Fsp3) is 0.538. The van der Waals surface area contributed by atoms with Gasteiger partial charge in [-0.3, -0.25) is 9.59 Å². The van der Waals surface area contributed by atoms with Crippen LogP contribution in [0.15, 0.2) is 16.5 Å². The van der Waals surface area contributed by atoms with Crippen molar-refractivity contribution in [3.63, 3.8) is 0 Å². The van der Waals surface area contributed by atoms with Crippen LogP contribution in [0.3, 0.4) is 0 Å². The third-order valence-corrected chi connectivity index (χ3v) is 3.57. The highest BCUT2D eigenvalue weighted by atomic mass is 16.4. The molecule has 1 aliphatic heterocycles. The highest BCUT2D eigenvalue weighted by Crippen LogP contribution is 2.30. The van der Waals surface area contributed by atoms with Crippen molar-refractivity contribution in [1.82, 2.24) is 4.90 Å².